The highest BCUT2D eigenvalue weighted by molar-refractivity contribution is 5.75. The van der Waals surface area contributed by atoms with E-state index in [1.165, 1.54) is 0 Å². The van der Waals surface area contributed by atoms with E-state index < -0.39 is 0 Å². The van der Waals surface area contributed by atoms with Gasteiger partial charge in [0.1, 0.15) is 11.3 Å². The molecule has 0 atom stereocenters. The Morgan fingerprint density at radius 3 is 2.56 bits per heavy atom. The Balaban J connectivity index is 2.69. The van der Waals surface area contributed by atoms with E-state index >= 15 is 0 Å². The Hall–Kier alpha value is -1.42. The van der Waals surface area contributed by atoms with Crippen LogP contribution < -0.4 is 5.73 Å². The van der Waals surface area contributed by atoms with E-state index in [0.29, 0.717) is 6.54 Å². The molecule has 0 amide bonds. The molecule has 0 bridgehead atoms. The average molecular weight is 246 g/mol. The Morgan fingerprint density at radius 1 is 1.28 bits per heavy atom. The van der Waals surface area contributed by atoms with Crippen molar-refractivity contribution < 1.29 is 0 Å². The van der Waals surface area contributed by atoms with Crippen LogP contribution in [0.1, 0.15) is 39.4 Å². The lowest BCUT2D eigenvalue weighted by Gasteiger charge is -2.30. The summed E-state index contributed by atoms with van der Waals surface area (Å²) in [5, 5.41) is 0. The molecular weight excluding hydrogens is 224 g/mol. The third kappa shape index (κ3) is 1.81. The van der Waals surface area contributed by atoms with E-state index in [1.54, 1.807) is 0 Å². The van der Waals surface area contributed by atoms with Gasteiger partial charge in [-0.05, 0) is 25.8 Å². The first-order valence-electron chi connectivity index (χ1n) is 6.73. The normalized spacial score (nSPS) is 12.2. The Morgan fingerprint density at radius 2 is 2.00 bits per heavy atom. The van der Waals surface area contributed by atoms with Crippen molar-refractivity contribution in [2.24, 2.45) is 5.73 Å². The summed E-state index contributed by atoms with van der Waals surface area (Å²) < 4.78 is 2.27. The summed E-state index contributed by atoms with van der Waals surface area (Å²) in [5.41, 5.74) is 8.14. The number of rotatable bonds is 5. The first kappa shape index (κ1) is 13.0. The molecule has 0 saturated heterocycles. The number of aryl methyl sites for hydroxylation is 1. The van der Waals surface area contributed by atoms with Crippen LogP contribution in [0.25, 0.3) is 11.0 Å². The molecule has 2 N–H and O–H groups in total. The average Bonchev–Trinajstić information content (AvgIpc) is 2.80. The zero-order chi connectivity index (χ0) is 13.2. The minimum Gasteiger partial charge on any atom is -0.329 e. The lowest BCUT2D eigenvalue weighted by molar-refractivity contribution is 0.369. The summed E-state index contributed by atoms with van der Waals surface area (Å²) in [6.07, 6.45) is 5.67. The highest BCUT2D eigenvalue weighted by Gasteiger charge is 2.32. The molecule has 18 heavy (non-hydrogen) atoms. The standard InChI is InChI=1S/C14H22N4/c1-4-14(5-2,10-15)13-17-11-9-16-8-7-12(11)18(13)6-3/h7-9H,4-6,10,15H2,1-3H3. The Bertz CT molecular complexity index is 517. The molecule has 0 fully saturated rings. The van der Waals surface area contributed by atoms with Crippen molar-refractivity contribution in [1.82, 2.24) is 14.5 Å². The van der Waals surface area contributed by atoms with E-state index in [-0.39, 0.29) is 5.41 Å². The van der Waals surface area contributed by atoms with E-state index in [0.717, 1.165) is 36.2 Å². The van der Waals surface area contributed by atoms with Gasteiger partial charge in [0.15, 0.2) is 0 Å². The lowest BCUT2D eigenvalue weighted by Crippen LogP contribution is -2.36. The molecule has 0 radical (unpaired) electrons. The van der Waals surface area contributed by atoms with Crippen molar-refractivity contribution >= 4 is 11.0 Å². The van der Waals surface area contributed by atoms with Crippen molar-refractivity contribution in [2.75, 3.05) is 6.54 Å². The molecule has 0 aliphatic rings. The predicted molar refractivity (Wildman–Crippen MR) is 74.5 cm³/mol. The van der Waals surface area contributed by atoms with Gasteiger partial charge in [0.2, 0.25) is 0 Å². The number of imidazole rings is 1. The summed E-state index contributed by atoms with van der Waals surface area (Å²) in [4.78, 5) is 8.94. The van der Waals surface area contributed by atoms with E-state index in [9.17, 15) is 0 Å². The van der Waals surface area contributed by atoms with E-state index in [4.69, 9.17) is 10.7 Å². The van der Waals surface area contributed by atoms with Crippen LogP contribution in [-0.4, -0.2) is 21.1 Å². The topological polar surface area (TPSA) is 56.7 Å². The maximum Gasteiger partial charge on any atom is 0.117 e. The zero-order valence-electron chi connectivity index (χ0n) is 11.5. The third-order valence-electron chi connectivity index (χ3n) is 4.09. The fourth-order valence-electron chi connectivity index (χ4n) is 2.65. The Labute approximate surface area is 108 Å². The SMILES string of the molecule is CCn1c(C(CC)(CC)CN)nc2cnccc21. The van der Waals surface area contributed by atoms with Gasteiger partial charge >= 0.3 is 0 Å². The number of fused-ring (bicyclic) bond motifs is 1. The molecule has 4 heteroatoms. The highest BCUT2D eigenvalue weighted by atomic mass is 15.1. The van der Waals surface area contributed by atoms with Crippen molar-refractivity contribution in [1.29, 1.82) is 0 Å². The second-order valence-corrected chi connectivity index (χ2v) is 4.74. The molecule has 0 saturated carbocycles. The number of aromatic nitrogens is 3. The van der Waals surface area contributed by atoms with E-state index in [1.807, 2.05) is 18.5 Å². The second kappa shape index (κ2) is 5.06. The first-order valence-corrected chi connectivity index (χ1v) is 6.73. The van der Waals surface area contributed by atoms with Crippen LogP contribution in [0, 0.1) is 0 Å². The summed E-state index contributed by atoms with van der Waals surface area (Å²) in [6.45, 7) is 8.08. The molecular formula is C14H22N4. The van der Waals surface area contributed by atoms with Gasteiger partial charge in [-0.15, -0.1) is 0 Å². The minimum absolute atomic E-state index is 0.0188. The van der Waals surface area contributed by atoms with Crippen LogP contribution in [0.5, 0.6) is 0 Å². The van der Waals surface area contributed by atoms with Gasteiger partial charge in [0.05, 0.1) is 11.7 Å². The van der Waals surface area contributed by atoms with Crippen LogP contribution in [0.4, 0.5) is 0 Å². The highest BCUT2D eigenvalue weighted by Crippen LogP contribution is 2.32. The third-order valence-corrected chi connectivity index (χ3v) is 4.09. The molecule has 0 spiro atoms. The molecule has 2 heterocycles. The largest absolute Gasteiger partial charge is 0.329 e. The summed E-state index contributed by atoms with van der Waals surface area (Å²) in [5.74, 6) is 1.11. The van der Waals surface area contributed by atoms with Crippen LogP contribution in [-0.2, 0) is 12.0 Å². The molecule has 0 aliphatic carbocycles. The van der Waals surface area contributed by atoms with Gasteiger partial charge < -0.3 is 10.3 Å². The van der Waals surface area contributed by atoms with Gasteiger partial charge in [-0.3, -0.25) is 4.98 Å². The minimum atomic E-state index is -0.0188. The summed E-state index contributed by atoms with van der Waals surface area (Å²) in [6, 6.07) is 2.03. The second-order valence-electron chi connectivity index (χ2n) is 4.74. The number of pyridine rings is 1. The predicted octanol–water partition coefficient (Wildman–Crippen LogP) is 2.47. The van der Waals surface area contributed by atoms with Gasteiger partial charge in [0, 0.05) is 24.7 Å². The van der Waals surface area contributed by atoms with Crippen LogP contribution in [0.15, 0.2) is 18.5 Å². The van der Waals surface area contributed by atoms with Crippen molar-refractivity contribution in [3.63, 3.8) is 0 Å². The summed E-state index contributed by atoms with van der Waals surface area (Å²) >= 11 is 0. The number of nitrogens with zero attached hydrogens (tertiary/aromatic N) is 3. The fourth-order valence-corrected chi connectivity index (χ4v) is 2.65. The van der Waals surface area contributed by atoms with Crippen molar-refractivity contribution in [3.05, 3.63) is 24.3 Å². The van der Waals surface area contributed by atoms with Gasteiger partial charge in [0.25, 0.3) is 0 Å². The molecule has 4 nitrogen and oxygen atoms in total. The van der Waals surface area contributed by atoms with E-state index in [2.05, 4.69) is 30.3 Å². The monoisotopic (exact) mass is 246 g/mol. The van der Waals surface area contributed by atoms with Gasteiger partial charge in [-0.25, -0.2) is 4.98 Å². The van der Waals surface area contributed by atoms with Crippen LogP contribution in [0.3, 0.4) is 0 Å². The molecule has 2 aromatic rings. The lowest BCUT2D eigenvalue weighted by atomic mass is 9.81. The molecule has 0 aromatic carbocycles. The Kier molecular flexibility index (Phi) is 3.66. The zero-order valence-corrected chi connectivity index (χ0v) is 11.5. The number of nitrogens with two attached hydrogens (primary N) is 1. The molecule has 2 aromatic heterocycles. The number of hydrogen-bond acceptors (Lipinski definition) is 3. The molecule has 98 valence electrons. The first-order chi connectivity index (χ1) is 8.72. The molecule has 2 rings (SSSR count). The van der Waals surface area contributed by atoms with Gasteiger partial charge in [-0.1, -0.05) is 13.8 Å². The number of hydrogen-bond donors (Lipinski definition) is 1. The fraction of sp³-hybridized carbons (Fsp3) is 0.571. The molecule has 0 unspecified atom stereocenters. The quantitative estimate of drug-likeness (QED) is 0.881. The van der Waals surface area contributed by atoms with Gasteiger partial charge in [-0.2, -0.15) is 0 Å². The molecule has 0 aliphatic heterocycles. The van der Waals surface area contributed by atoms with Crippen molar-refractivity contribution in [3.8, 4) is 0 Å². The maximum absolute atomic E-state index is 6.04. The summed E-state index contributed by atoms with van der Waals surface area (Å²) in [7, 11) is 0. The van der Waals surface area contributed by atoms with Crippen molar-refractivity contribution in [2.45, 2.75) is 45.6 Å². The van der Waals surface area contributed by atoms with Crippen LogP contribution >= 0.6 is 0 Å². The smallest absolute Gasteiger partial charge is 0.117 e. The maximum atomic E-state index is 6.04. The van der Waals surface area contributed by atoms with Crippen LogP contribution in [0.2, 0.25) is 0 Å².